The number of ether oxygens (including phenoxy) is 1. The fourth-order valence-electron chi connectivity index (χ4n) is 2.68. The lowest BCUT2D eigenvalue weighted by atomic mass is 10.1. The van der Waals surface area contributed by atoms with Crippen LogP contribution >= 0.6 is 0 Å². The molecule has 0 radical (unpaired) electrons. The van der Waals surface area contributed by atoms with Gasteiger partial charge in [-0.15, -0.1) is 0 Å². The van der Waals surface area contributed by atoms with E-state index in [2.05, 4.69) is 26.7 Å². The highest BCUT2D eigenvalue weighted by molar-refractivity contribution is 5.91. The molecule has 0 saturated carbocycles. The number of anilines is 1. The Hall–Kier alpha value is -3.41. The predicted molar refractivity (Wildman–Crippen MR) is 110 cm³/mol. The summed E-state index contributed by atoms with van der Waals surface area (Å²) >= 11 is 0. The number of aryl methyl sites for hydroxylation is 1. The van der Waals surface area contributed by atoms with Gasteiger partial charge in [0.2, 0.25) is 0 Å². The van der Waals surface area contributed by atoms with Gasteiger partial charge in [0.1, 0.15) is 17.3 Å². The average Bonchev–Trinajstić information content (AvgIpc) is 2.74. The molecule has 0 fully saturated rings. The number of methoxy groups -OCH3 is 1. The van der Waals surface area contributed by atoms with Crippen LogP contribution < -0.4 is 15.4 Å². The Bertz CT molecular complexity index is 909. The Morgan fingerprint density at radius 3 is 2.57 bits per heavy atom. The second-order valence-corrected chi connectivity index (χ2v) is 6.48. The number of hydrogen-bond acceptors (Lipinski definition) is 5. The first-order chi connectivity index (χ1) is 13.6. The van der Waals surface area contributed by atoms with E-state index in [1.165, 1.54) is 17.3 Å². The van der Waals surface area contributed by atoms with Crippen molar-refractivity contribution in [2.24, 2.45) is 0 Å². The summed E-state index contributed by atoms with van der Waals surface area (Å²) in [6, 6.07) is 16.0. The quantitative estimate of drug-likeness (QED) is 0.630. The van der Waals surface area contributed by atoms with Gasteiger partial charge in [-0.3, -0.25) is 4.79 Å². The normalized spacial score (nSPS) is 10.4. The van der Waals surface area contributed by atoms with E-state index in [1.54, 1.807) is 13.3 Å². The highest BCUT2D eigenvalue weighted by Gasteiger charge is 2.08. The monoisotopic (exact) mass is 376 g/mol. The van der Waals surface area contributed by atoms with Crippen LogP contribution in [0.5, 0.6) is 5.75 Å². The Balaban J connectivity index is 1.47. The predicted octanol–water partition coefficient (Wildman–Crippen LogP) is 3.38. The fourth-order valence-corrected chi connectivity index (χ4v) is 2.68. The van der Waals surface area contributed by atoms with Gasteiger partial charge in [0.25, 0.3) is 5.91 Å². The third-order valence-electron chi connectivity index (χ3n) is 4.31. The summed E-state index contributed by atoms with van der Waals surface area (Å²) in [6.45, 7) is 3.20. The molecule has 2 N–H and O–H groups in total. The molecule has 0 bridgehead atoms. The molecule has 2 aromatic carbocycles. The minimum Gasteiger partial charge on any atom is -0.497 e. The van der Waals surface area contributed by atoms with Crippen LogP contribution in [0.1, 0.15) is 27.2 Å². The van der Waals surface area contributed by atoms with Gasteiger partial charge in [-0.2, -0.15) is 0 Å². The third-order valence-corrected chi connectivity index (χ3v) is 4.31. The van der Waals surface area contributed by atoms with Gasteiger partial charge in [-0.1, -0.05) is 42.0 Å². The van der Waals surface area contributed by atoms with Crippen LogP contribution in [-0.2, 0) is 13.0 Å². The molecule has 3 aromatic rings. The maximum atomic E-state index is 12.2. The molecular weight excluding hydrogens is 352 g/mol. The number of rotatable bonds is 8. The van der Waals surface area contributed by atoms with E-state index in [4.69, 9.17) is 4.74 Å². The summed E-state index contributed by atoms with van der Waals surface area (Å²) in [5.74, 6) is 1.24. The number of amides is 1. The van der Waals surface area contributed by atoms with Gasteiger partial charge >= 0.3 is 0 Å². The van der Waals surface area contributed by atoms with Crippen molar-refractivity contribution in [1.29, 1.82) is 0 Å². The Kier molecular flexibility index (Phi) is 6.57. The fraction of sp³-hybridized carbons (Fsp3) is 0.227. The molecule has 6 heteroatoms. The SMILES string of the molecule is COc1cccc(CCNc2cnc(C(=O)NCc3ccc(C)cc3)cn2)c1. The van der Waals surface area contributed by atoms with E-state index in [0.717, 1.165) is 17.7 Å². The summed E-state index contributed by atoms with van der Waals surface area (Å²) in [5.41, 5.74) is 3.70. The lowest BCUT2D eigenvalue weighted by molar-refractivity contribution is 0.0945. The van der Waals surface area contributed by atoms with Crippen LogP contribution in [0.15, 0.2) is 60.9 Å². The molecule has 0 aliphatic heterocycles. The summed E-state index contributed by atoms with van der Waals surface area (Å²) in [7, 11) is 1.66. The molecule has 0 spiro atoms. The number of aromatic nitrogens is 2. The molecule has 6 nitrogen and oxygen atoms in total. The van der Waals surface area contributed by atoms with Crippen molar-refractivity contribution in [1.82, 2.24) is 15.3 Å². The molecular formula is C22H24N4O2. The molecule has 1 heterocycles. The molecule has 1 amide bonds. The lowest BCUT2D eigenvalue weighted by Crippen LogP contribution is -2.24. The Labute approximate surface area is 165 Å². The minimum absolute atomic E-state index is 0.240. The van der Waals surface area contributed by atoms with Crippen LogP contribution in [-0.4, -0.2) is 29.5 Å². The number of carbonyl (C=O) groups excluding carboxylic acids is 1. The molecule has 3 rings (SSSR count). The number of nitrogens with zero attached hydrogens (tertiary/aromatic N) is 2. The minimum atomic E-state index is -0.240. The van der Waals surface area contributed by atoms with Gasteiger partial charge in [-0.05, 0) is 36.6 Å². The number of nitrogens with one attached hydrogen (secondary N) is 2. The molecule has 0 saturated heterocycles. The van der Waals surface area contributed by atoms with E-state index in [-0.39, 0.29) is 5.91 Å². The lowest BCUT2D eigenvalue weighted by Gasteiger charge is -2.08. The van der Waals surface area contributed by atoms with Gasteiger partial charge in [-0.25, -0.2) is 9.97 Å². The molecule has 0 aliphatic rings. The van der Waals surface area contributed by atoms with Gasteiger partial charge in [0, 0.05) is 13.1 Å². The largest absolute Gasteiger partial charge is 0.497 e. The first-order valence-corrected chi connectivity index (χ1v) is 9.16. The highest BCUT2D eigenvalue weighted by Crippen LogP contribution is 2.13. The van der Waals surface area contributed by atoms with Crippen LogP contribution in [0.3, 0.4) is 0 Å². The Morgan fingerprint density at radius 1 is 1.04 bits per heavy atom. The Morgan fingerprint density at radius 2 is 1.86 bits per heavy atom. The van der Waals surface area contributed by atoms with Gasteiger partial charge < -0.3 is 15.4 Å². The summed E-state index contributed by atoms with van der Waals surface area (Å²) in [5, 5.41) is 6.07. The zero-order chi connectivity index (χ0) is 19.8. The highest BCUT2D eigenvalue weighted by atomic mass is 16.5. The van der Waals surface area contributed by atoms with E-state index in [9.17, 15) is 4.79 Å². The molecule has 0 unspecified atom stereocenters. The smallest absolute Gasteiger partial charge is 0.271 e. The first-order valence-electron chi connectivity index (χ1n) is 9.16. The maximum absolute atomic E-state index is 12.2. The van der Waals surface area contributed by atoms with Crippen molar-refractivity contribution in [3.63, 3.8) is 0 Å². The van der Waals surface area contributed by atoms with Crippen molar-refractivity contribution < 1.29 is 9.53 Å². The summed E-state index contributed by atoms with van der Waals surface area (Å²) in [4.78, 5) is 20.7. The molecule has 144 valence electrons. The zero-order valence-corrected chi connectivity index (χ0v) is 16.1. The number of hydrogen-bond donors (Lipinski definition) is 2. The number of benzene rings is 2. The van der Waals surface area contributed by atoms with Gasteiger partial charge in [0.15, 0.2) is 0 Å². The van der Waals surface area contributed by atoms with Crippen molar-refractivity contribution in [3.8, 4) is 5.75 Å². The van der Waals surface area contributed by atoms with Crippen molar-refractivity contribution >= 4 is 11.7 Å². The second-order valence-electron chi connectivity index (χ2n) is 6.48. The molecule has 1 aromatic heterocycles. The second kappa shape index (κ2) is 9.50. The summed E-state index contributed by atoms with van der Waals surface area (Å²) in [6.07, 6.45) is 3.89. The first kappa shape index (κ1) is 19.4. The van der Waals surface area contributed by atoms with Crippen LogP contribution in [0.4, 0.5) is 5.82 Å². The van der Waals surface area contributed by atoms with Crippen LogP contribution in [0.25, 0.3) is 0 Å². The number of carbonyl (C=O) groups is 1. The van der Waals surface area contributed by atoms with E-state index < -0.39 is 0 Å². The molecule has 28 heavy (non-hydrogen) atoms. The molecule has 0 aliphatic carbocycles. The third kappa shape index (κ3) is 5.54. The maximum Gasteiger partial charge on any atom is 0.271 e. The van der Waals surface area contributed by atoms with E-state index in [1.807, 2.05) is 49.4 Å². The van der Waals surface area contributed by atoms with Crippen molar-refractivity contribution in [2.75, 3.05) is 19.0 Å². The van der Waals surface area contributed by atoms with Crippen molar-refractivity contribution in [2.45, 2.75) is 19.9 Å². The standard InChI is InChI=1S/C22H24N4O2/c1-16-6-8-18(9-7-16)13-26-22(27)20-14-25-21(15-24-20)23-11-10-17-4-3-5-19(12-17)28-2/h3-9,12,14-15H,10-11,13H2,1-2H3,(H,23,25)(H,26,27). The van der Waals surface area contributed by atoms with Gasteiger partial charge in [0.05, 0.1) is 19.5 Å². The van der Waals surface area contributed by atoms with Crippen LogP contribution in [0, 0.1) is 6.92 Å². The van der Waals surface area contributed by atoms with Crippen LogP contribution in [0.2, 0.25) is 0 Å². The van der Waals surface area contributed by atoms with E-state index >= 15 is 0 Å². The zero-order valence-electron chi connectivity index (χ0n) is 16.1. The molecule has 0 atom stereocenters. The average molecular weight is 376 g/mol. The summed E-state index contributed by atoms with van der Waals surface area (Å²) < 4.78 is 5.23. The van der Waals surface area contributed by atoms with E-state index in [0.29, 0.717) is 24.6 Å². The topological polar surface area (TPSA) is 76.1 Å². The van der Waals surface area contributed by atoms with Crippen molar-refractivity contribution in [3.05, 3.63) is 83.3 Å².